The topological polar surface area (TPSA) is 0 Å². The van der Waals surface area contributed by atoms with E-state index in [2.05, 4.69) is 30.0 Å². The van der Waals surface area contributed by atoms with Gasteiger partial charge in [-0.25, -0.2) is 0 Å². The van der Waals surface area contributed by atoms with E-state index in [4.69, 9.17) is 0 Å². The lowest BCUT2D eigenvalue weighted by Crippen LogP contribution is -2.22. The van der Waals surface area contributed by atoms with E-state index >= 15 is 0 Å². The van der Waals surface area contributed by atoms with Crippen molar-refractivity contribution in [1.29, 1.82) is 0 Å². The molecule has 1 atom stereocenters. The molecule has 0 heterocycles. The van der Waals surface area contributed by atoms with Crippen LogP contribution >= 0.6 is 9.24 Å². The van der Waals surface area contributed by atoms with Gasteiger partial charge in [-0.05, 0) is 37.3 Å². The van der Waals surface area contributed by atoms with Gasteiger partial charge >= 0.3 is 0 Å². The molecule has 0 amide bonds. The van der Waals surface area contributed by atoms with Crippen LogP contribution in [0.4, 0.5) is 0 Å². The minimum absolute atomic E-state index is 0.682. The standard InChI is InChI=1S/C18H39P/c1-4-7-10-13-18(16-17-19,14-11-8-5-2)15-12-9-6-3/h4-17,19H2,1-3H3. The lowest BCUT2D eigenvalue weighted by molar-refractivity contribution is 0.189. The van der Waals surface area contributed by atoms with Gasteiger partial charge < -0.3 is 0 Å². The van der Waals surface area contributed by atoms with Crippen molar-refractivity contribution in [2.45, 2.75) is 104 Å². The lowest BCUT2D eigenvalue weighted by Gasteiger charge is -2.34. The first-order chi connectivity index (χ1) is 9.24. The second-order valence-electron chi connectivity index (χ2n) is 6.41. The van der Waals surface area contributed by atoms with Gasteiger partial charge in [-0.3, -0.25) is 0 Å². The van der Waals surface area contributed by atoms with Crippen LogP contribution in [0.25, 0.3) is 0 Å². The molecule has 0 rings (SSSR count). The van der Waals surface area contributed by atoms with Crippen molar-refractivity contribution in [2.24, 2.45) is 5.41 Å². The van der Waals surface area contributed by atoms with Gasteiger partial charge in [0, 0.05) is 0 Å². The molecule has 19 heavy (non-hydrogen) atoms. The molecule has 116 valence electrons. The summed E-state index contributed by atoms with van der Waals surface area (Å²) in [5.74, 6) is 0. The van der Waals surface area contributed by atoms with Gasteiger partial charge in [0.25, 0.3) is 0 Å². The maximum Gasteiger partial charge on any atom is -0.0294 e. The third-order valence-electron chi connectivity index (χ3n) is 4.61. The van der Waals surface area contributed by atoms with Gasteiger partial charge in [0.05, 0.1) is 0 Å². The van der Waals surface area contributed by atoms with Gasteiger partial charge in [-0.15, -0.1) is 9.24 Å². The zero-order valence-corrected chi connectivity index (χ0v) is 15.1. The Bertz CT molecular complexity index is 150. The van der Waals surface area contributed by atoms with Crippen molar-refractivity contribution in [2.75, 3.05) is 6.16 Å². The van der Waals surface area contributed by atoms with E-state index in [0.717, 1.165) is 0 Å². The van der Waals surface area contributed by atoms with Gasteiger partial charge in [0.1, 0.15) is 0 Å². The molecular weight excluding hydrogens is 247 g/mol. The van der Waals surface area contributed by atoms with E-state index in [-0.39, 0.29) is 0 Å². The molecule has 0 radical (unpaired) electrons. The molecule has 0 aromatic rings. The Morgan fingerprint density at radius 1 is 0.579 bits per heavy atom. The highest BCUT2D eigenvalue weighted by Gasteiger charge is 2.27. The highest BCUT2D eigenvalue weighted by atomic mass is 31.0. The molecular formula is C18H39P. The quantitative estimate of drug-likeness (QED) is 0.239. The van der Waals surface area contributed by atoms with Crippen LogP contribution in [0.2, 0.25) is 0 Å². The third-order valence-corrected chi connectivity index (χ3v) is 4.90. The first kappa shape index (κ1) is 19.4. The molecule has 0 saturated heterocycles. The molecule has 1 unspecified atom stereocenters. The van der Waals surface area contributed by atoms with Gasteiger partial charge in [-0.1, -0.05) is 78.6 Å². The summed E-state index contributed by atoms with van der Waals surface area (Å²) >= 11 is 0. The van der Waals surface area contributed by atoms with E-state index in [1.807, 2.05) is 0 Å². The molecule has 0 aliphatic rings. The second kappa shape index (κ2) is 13.4. The predicted molar refractivity (Wildman–Crippen MR) is 94.1 cm³/mol. The van der Waals surface area contributed by atoms with E-state index in [1.165, 1.54) is 89.6 Å². The summed E-state index contributed by atoms with van der Waals surface area (Å²) in [5, 5.41) is 0. The minimum Gasteiger partial charge on any atom is -0.138 e. The molecule has 0 saturated carbocycles. The summed E-state index contributed by atoms with van der Waals surface area (Å²) in [6, 6.07) is 0. The Morgan fingerprint density at radius 3 is 1.21 bits per heavy atom. The first-order valence-corrected chi connectivity index (χ1v) is 9.76. The molecule has 0 N–H and O–H groups in total. The van der Waals surface area contributed by atoms with E-state index in [1.54, 1.807) is 0 Å². The van der Waals surface area contributed by atoms with Gasteiger partial charge in [0.2, 0.25) is 0 Å². The van der Waals surface area contributed by atoms with Crippen LogP contribution in [0.3, 0.4) is 0 Å². The molecule has 0 aromatic carbocycles. The van der Waals surface area contributed by atoms with Crippen LogP contribution in [0, 0.1) is 5.41 Å². The van der Waals surface area contributed by atoms with Gasteiger partial charge in [-0.2, -0.15) is 0 Å². The summed E-state index contributed by atoms with van der Waals surface area (Å²) in [7, 11) is 2.97. The van der Waals surface area contributed by atoms with Gasteiger partial charge in [0.15, 0.2) is 0 Å². The number of unbranched alkanes of at least 4 members (excludes halogenated alkanes) is 6. The third kappa shape index (κ3) is 9.89. The van der Waals surface area contributed by atoms with Crippen molar-refractivity contribution in [3.8, 4) is 0 Å². The van der Waals surface area contributed by atoms with Crippen LogP contribution in [-0.4, -0.2) is 6.16 Å². The highest BCUT2D eigenvalue weighted by molar-refractivity contribution is 7.16. The van der Waals surface area contributed by atoms with Crippen LogP contribution in [0.5, 0.6) is 0 Å². The molecule has 0 spiro atoms. The number of hydrogen-bond acceptors (Lipinski definition) is 0. The molecule has 0 aliphatic heterocycles. The van der Waals surface area contributed by atoms with Crippen LogP contribution in [0.15, 0.2) is 0 Å². The second-order valence-corrected chi connectivity index (χ2v) is 6.99. The average molecular weight is 286 g/mol. The Kier molecular flexibility index (Phi) is 13.7. The summed E-state index contributed by atoms with van der Waals surface area (Å²) < 4.78 is 0. The summed E-state index contributed by atoms with van der Waals surface area (Å²) in [6.45, 7) is 6.97. The normalized spacial score (nSPS) is 12.0. The van der Waals surface area contributed by atoms with Crippen LogP contribution in [-0.2, 0) is 0 Å². The Morgan fingerprint density at radius 2 is 0.947 bits per heavy atom. The minimum atomic E-state index is 0.682. The fraction of sp³-hybridized carbons (Fsp3) is 1.00. The SMILES string of the molecule is CCCCCC(CCP)(CCCCC)CCCCC. The summed E-state index contributed by atoms with van der Waals surface area (Å²) in [5.41, 5.74) is 0.682. The van der Waals surface area contributed by atoms with E-state index in [0.29, 0.717) is 5.41 Å². The number of rotatable bonds is 14. The van der Waals surface area contributed by atoms with E-state index in [9.17, 15) is 0 Å². The molecule has 0 fully saturated rings. The van der Waals surface area contributed by atoms with Crippen molar-refractivity contribution >= 4 is 9.24 Å². The Hall–Kier alpha value is 0.430. The zero-order chi connectivity index (χ0) is 14.4. The van der Waals surface area contributed by atoms with Crippen molar-refractivity contribution in [1.82, 2.24) is 0 Å². The maximum absolute atomic E-state index is 2.97. The molecule has 0 nitrogen and oxygen atoms in total. The fourth-order valence-corrected chi connectivity index (χ4v) is 3.92. The molecule has 0 bridgehead atoms. The predicted octanol–water partition coefficient (Wildman–Crippen LogP) is 6.98. The first-order valence-electron chi connectivity index (χ1n) is 8.94. The van der Waals surface area contributed by atoms with Crippen molar-refractivity contribution in [3.63, 3.8) is 0 Å². The fourth-order valence-electron chi connectivity index (χ4n) is 3.31. The van der Waals surface area contributed by atoms with Crippen LogP contribution < -0.4 is 0 Å². The molecule has 0 aromatic heterocycles. The largest absolute Gasteiger partial charge is 0.138 e. The maximum atomic E-state index is 2.97. The highest BCUT2D eigenvalue weighted by Crippen LogP contribution is 2.40. The van der Waals surface area contributed by atoms with Crippen molar-refractivity contribution < 1.29 is 0 Å². The average Bonchev–Trinajstić information content (AvgIpc) is 2.40. The molecule has 1 heteroatoms. The zero-order valence-electron chi connectivity index (χ0n) is 14.0. The van der Waals surface area contributed by atoms with Crippen molar-refractivity contribution in [3.05, 3.63) is 0 Å². The van der Waals surface area contributed by atoms with E-state index < -0.39 is 0 Å². The molecule has 0 aliphatic carbocycles. The monoisotopic (exact) mass is 286 g/mol. The Balaban J connectivity index is 4.37. The van der Waals surface area contributed by atoms with Crippen LogP contribution in [0.1, 0.15) is 104 Å². The summed E-state index contributed by atoms with van der Waals surface area (Å²) in [6.07, 6.45) is 20.0. The lowest BCUT2D eigenvalue weighted by atomic mass is 9.72. The Labute approximate surface area is 125 Å². The number of hydrogen-bond donors (Lipinski definition) is 0. The smallest absolute Gasteiger partial charge is 0.0294 e. The summed E-state index contributed by atoms with van der Waals surface area (Å²) in [4.78, 5) is 0.